The van der Waals surface area contributed by atoms with E-state index in [1.807, 2.05) is 6.92 Å². The number of aromatic amines is 1. The predicted molar refractivity (Wildman–Crippen MR) is 69.8 cm³/mol. The average molecular weight is 259 g/mol. The first-order valence-electron chi connectivity index (χ1n) is 5.61. The predicted octanol–water partition coefficient (Wildman–Crippen LogP) is 1.32. The van der Waals surface area contributed by atoms with Gasteiger partial charge in [-0.15, -0.1) is 0 Å². The van der Waals surface area contributed by atoms with E-state index in [1.165, 1.54) is 13.1 Å². The van der Waals surface area contributed by atoms with E-state index in [0.29, 0.717) is 11.4 Å². The maximum absolute atomic E-state index is 11.7. The fourth-order valence-corrected chi connectivity index (χ4v) is 1.58. The molecule has 0 saturated carbocycles. The first-order valence-corrected chi connectivity index (χ1v) is 5.61. The van der Waals surface area contributed by atoms with Gasteiger partial charge in [-0.25, -0.2) is 0 Å². The fraction of sp³-hybridized carbons (Fsp3) is 0.167. The molecule has 1 aromatic carbocycles. The number of rotatable bonds is 3. The van der Waals surface area contributed by atoms with Crippen LogP contribution in [0, 0.1) is 6.92 Å². The Morgan fingerprint density at radius 2 is 2.05 bits per heavy atom. The monoisotopic (exact) mass is 259 g/mol. The zero-order valence-electron chi connectivity index (χ0n) is 10.5. The number of anilines is 2. The van der Waals surface area contributed by atoms with Crippen LogP contribution in [0.3, 0.4) is 0 Å². The zero-order chi connectivity index (χ0) is 13.8. The average Bonchev–Trinajstić information content (AvgIpc) is 2.86. The minimum absolute atomic E-state index is 0.137. The number of nitrogens with zero attached hydrogens (tertiary/aromatic N) is 2. The molecule has 0 unspecified atom stereocenters. The Morgan fingerprint density at radius 3 is 2.63 bits per heavy atom. The van der Waals surface area contributed by atoms with Crippen molar-refractivity contribution in [3.8, 4) is 0 Å². The summed E-state index contributed by atoms with van der Waals surface area (Å²) in [6.07, 6.45) is 1.34. The molecule has 0 aliphatic carbocycles. The van der Waals surface area contributed by atoms with E-state index in [4.69, 9.17) is 0 Å². The number of hydrogen-bond donors (Lipinski definition) is 3. The first kappa shape index (κ1) is 12.7. The topological polar surface area (TPSA) is 99.8 Å². The van der Waals surface area contributed by atoms with Crippen LogP contribution in [-0.2, 0) is 4.79 Å². The number of nitrogens with one attached hydrogen (secondary N) is 3. The molecule has 1 heterocycles. The molecule has 0 aliphatic rings. The van der Waals surface area contributed by atoms with Gasteiger partial charge in [-0.05, 0) is 30.7 Å². The summed E-state index contributed by atoms with van der Waals surface area (Å²) in [6, 6.07) is 5.20. The second-order valence-corrected chi connectivity index (χ2v) is 4.02. The zero-order valence-corrected chi connectivity index (χ0v) is 10.5. The van der Waals surface area contributed by atoms with Crippen LogP contribution in [0.2, 0.25) is 0 Å². The Bertz CT molecular complexity index is 607. The number of H-pyrrole nitrogens is 1. The minimum atomic E-state index is -0.347. The highest BCUT2D eigenvalue weighted by atomic mass is 16.2. The van der Waals surface area contributed by atoms with Crippen molar-refractivity contribution in [2.24, 2.45) is 0 Å². The largest absolute Gasteiger partial charge is 0.326 e. The summed E-state index contributed by atoms with van der Waals surface area (Å²) in [6.45, 7) is 3.29. The number of hydrogen-bond acceptors (Lipinski definition) is 4. The van der Waals surface area contributed by atoms with Gasteiger partial charge in [0.05, 0.1) is 6.20 Å². The van der Waals surface area contributed by atoms with Crippen molar-refractivity contribution in [1.82, 2.24) is 15.4 Å². The molecule has 0 bridgehead atoms. The van der Waals surface area contributed by atoms with Gasteiger partial charge in [-0.2, -0.15) is 15.4 Å². The van der Waals surface area contributed by atoms with Crippen molar-refractivity contribution >= 4 is 23.2 Å². The van der Waals surface area contributed by atoms with Crippen LogP contribution in [0.25, 0.3) is 0 Å². The molecule has 0 atom stereocenters. The number of aromatic nitrogens is 3. The molecule has 0 aliphatic heterocycles. The smallest absolute Gasteiger partial charge is 0.277 e. The summed E-state index contributed by atoms with van der Waals surface area (Å²) in [4.78, 5) is 22.7. The standard InChI is InChI=1S/C12H13N5O2/c1-7-5-9(3-4-10(7)14-8(2)18)15-12(19)11-6-13-17-16-11/h3-6H,1-2H3,(H,14,18)(H,15,19)(H,13,16,17). The summed E-state index contributed by atoms with van der Waals surface area (Å²) < 4.78 is 0. The Labute approximate surface area is 109 Å². The summed E-state index contributed by atoms with van der Waals surface area (Å²) in [5, 5.41) is 15.0. The highest BCUT2D eigenvalue weighted by Crippen LogP contribution is 2.20. The molecule has 2 aromatic rings. The van der Waals surface area contributed by atoms with E-state index in [-0.39, 0.29) is 17.5 Å². The minimum Gasteiger partial charge on any atom is -0.326 e. The van der Waals surface area contributed by atoms with E-state index in [0.717, 1.165) is 5.56 Å². The van der Waals surface area contributed by atoms with Crippen molar-refractivity contribution in [1.29, 1.82) is 0 Å². The van der Waals surface area contributed by atoms with Gasteiger partial charge in [0.1, 0.15) is 0 Å². The Kier molecular flexibility index (Phi) is 3.56. The summed E-state index contributed by atoms with van der Waals surface area (Å²) >= 11 is 0. The van der Waals surface area contributed by atoms with Crippen LogP contribution in [0.5, 0.6) is 0 Å². The molecule has 2 amide bonds. The number of aryl methyl sites for hydroxylation is 1. The second-order valence-electron chi connectivity index (χ2n) is 4.02. The van der Waals surface area contributed by atoms with Crippen molar-refractivity contribution < 1.29 is 9.59 Å². The van der Waals surface area contributed by atoms with Crippen LogP contribution in [0.1, 0.15) is 23.0 Å². The van der Waals surface area contributed by atoms with Gasteiger partial charge in [0.15, 0.2) is 5.69 Å². The number of benzene rings is 1. The summed E-state index contributed by atoms with van der Waals surface area (Å²) in [7, 11) is 0. The lowest BCUT2D eigenvalue weighted by Gasteiger charge is -2.09. The molecular formula is C12H13N5O2. The molecule has 19 heavy (non-hydrogen) atoms. The molecule has 3 N–H and O–H groups in total. The first-order chi connectivity index (χ1) is 9.06. The highest BCUT2D eigenvalue weighted by Gasteiger charge is 2.09. The molecule has 7 heteroatoms. The van der Waals surface area contributed by atoms with E-state index < -0.39 is 0 Å². The Balaban J connectivity index is 2.12. The normalized spacial score (nSPS) is 10.0. The van der Waals surface area contributed by atoms with Crippen LogP contribution >= 0.6 is 0 Å². The molecule has 1 aromatic heterocycles. The number of carbonyl (C=O) groups is 2. The lowest BCUT2D eigenvalue weighted by molar-refractivity contribution is -0.114. The lowest BCUT2D eigenvalue weighted by Crippen LogP contribution is -2.13. The van der Waals surface area contributed by atoms with Crippen LogP contribution in [0.4, 0.5) is 11.4 Å². The summed E-state index contributed by atoms with van der Waals surface area (Å²) in [5.74, 6) is -0.483. The Morgan fingerprint density at radius 1 is 1.26 bits per heavy atom. The quantitative estimate of drug-likeness (QED) is 0.774. The molecule has 0 fully saturated rings. The Hall–Kier alpha value is -2.70. The van der Waals surface area contributed by atoms with Crippen LogP contribution in [0.15, 0.2) is 24.4 Å². The molecule has 0 spiro atoms. The maximum Gasteiger partial charge on any atom is 0.277 e. The van der Waals surface area contributed by atoms with E-state index in [9.17, 15) is 9.59 Å². The molecule has 98 valence electrons. The van der Waals surface area contributed by atoms with Crippen molar-refractivity contribution in [2.75, 3.05) is 10.6 Å². The van der Waals surface area contributed by atoms with Gasteiger partial charge >= 0.3 is 0 Å². The lowest BCUT2D eigenvalue weighted by atomic mass is 10.1. The number of carbonyl (C=O) groups excluding carboxylic acids is 2. The molecule has 7 nitrogen and oxygen atoms in total. The highest BCUT2D eigenvalue weighted by molar-refractivity contribution is 6.02. The third-order valence-electron chi connectivity index (χ3n) is 2.44. The summed E-state index contributed by atoms with van der Waals surface area (Å²) in [5.41, 5.74) is 2.41. The van der Waals surface area contributed by atoms with Crippen molar-refractivity contribution in [3.63, 3.8) is 0 Å². The molecule has 0 radical (unpaired) electrons. The molecule has 2 rings (SSSR count). The third-order valence-corrected chi connectivity index (χ3v) is 2.44. The van der Waals surface area contributed by atoms with Gasteiger partial charge in [-0.3, -0.25) is 9.59 Å². The maximum atomic E-state index is 11.7. The molecular weight excluding hydrogens is 246 g/mol. The van der Waals surface area contributed by atoms with E-state index in [2.05, 4.69) is 26.0 Å². The number of amides is 2. The van der Waals surface area contributed by atoms with Gasteiger partial charge in [-0.1, -0.05) is 0 Å². The third kappa shape index (κ3) is 3.15. The van der Waals surface area contributed by atoms with Crippen LogP contribution < -0.4 is 10.6 Å². The van der Waals surface area contributed by atoms with Crippen molar-refractivity contribution in [3.05, 3.63) is 35.7 Å². The SMILES string of the molecule is CC(=O)Nc1ccc(NC(=O)c2cn[nH]n2)cc1C. The van der Waals surface area contributed by atoms with Gasteiger partial charge < -0.3 is 10.6 Å². The van der Waals surface area contributed by atoms with Crippen molar-refractivity contribution in [2.45, 2.75) is 13.8 Å². The van der Waals surface area contributed by atoms with Gasteiger partial charge in [0.2, 0.25) is 5.91 Å². The second kappa shape index (κ2) is 5.30. The van der Waals surface area contributed by atoms with Gasteiger partial charge in [0, 0.05) is 18.3 Å². The molecule has 0 saturated heterocycles. The fourth-order valence-electron chi connectivity index (χ4n) is 1.58. The van der Waals surface area contributed by atoms with Crippen LogP contribution in [-0.4, -0.2) is 27.2 Å². The van der Waals surface area contributed by atoms with E-state index >= 15 is 0 Å². The van der Waals surface area contributed by atoms with Gasteiger partial charge in [0.25, 0.3) is 5.91 Å². The van der Waals surface area contributed by atoms with E-state index in [1.54, 1.807) is 18.2 Å².